The first-order chi connectivity index (χ1) is 16.7. The molecule has 0 aliphatic carbocycles. The molecule has 35 heavy (non-hydrogen) atoms. The lowest BCUT2D eigenvalue weighted by Crippen LogP contribution is -2.37. The first-order valence-electron chi connectivity index (χ1n) is 10.7. The summed E-state index contributed by atoms with van der Waals surface area (Å²) >= 11 is 2.58. The Labute approximate surface area is 206 Å². The summed E-state index contributed by atoms with van der Waals surface area (Å²) in [6, 6.07) is 13.1. The topological polar surface area (TPSA) is 67.3 Å². The molecule has 5 nitrogen and oxygen atoms in total. The molecule has 0 unspecified atom stereocenters. The van der Waals surface area contributed by atoms with Crippen LogP contribution < -0.4 is 4.90 Å². The largest absolute Gasteiger partial charge is 0.416 e. The van der Waals surface area contributed by atoms with Crippen molar-refractivity contribution in [2.75, 3.05) is 4.90 Å². The van der Waals surface area contributed by atoms with Crippen molar-refractivity contribution < 1.29 is 27.6 Å². The zero-order valence-corrected chi connectivity index (χ0v) is 20.1. The molecule has 180 valence electrons. The molecule has 0 aliphatic rings. The molecule has 3 aromatic heterocycles. The Balaban J connectivity index is 1.72. The van der Waals surface area contributed by atoms with E-state index in [4.69, 9.17) is 0 Å². The van der Waals surface area contributed by atoms with Gasteiger partial charge in [0.2, 0.25) is 5.91 Å². The number of hydrogen-bond acceptors (Lipinski definition) is 6. The van der Waals surface area contributed by atoms with Crippen molar-refractivity contribution in [3.05, 3.63) is 70.4 Å². The predicted octanol–water partition coefficient (Wildman–Crippen LogP) is 6.98. The summed E-state index contributed by atoms with van der Waals surface area (Å²) in [5, 5.41) is 2.60. The number of aromatic nitrogens is 1. The third kappa shape index (κ3) is 5.49. The van der Waals surface area contributed by atoms with E-state index in [9.17, 15) is 27.6 Å². The summed E-state index contributed by atoms with van der Waals surface area (Å²) in [6.07, 6.45) is -4.82. The SMILES string of the molecule is CCC(=O)CCC(=O)N(C(=O)c1cc2ccc(-c3cccs3)nc2s1)c1cccc(C(F)(F)F)c1. The van der Waals surface area contributed by atoms with Crippen LogP contribution in [0.15, 0.2) is 60.0 Å². The van der Waals surface area contributed by atoms with Gasteiger partial charge in [-0.25, -0.2) is 9.88 Å². The van der Waals surface area contributed by atoms with Gasteiger partial charge >= 0.3 is 6.18 Å². The average molecular weight is 517 g/mol. The molecule has 0 radical (unpaired) electrons. The molecule has 0 saturated carbocycles. The van der Waals surface area contributed by atoms with Crippen molar-refractivity contribution >= 4 is 56.2 Å². The zero-order valence-electron chi connectivity index (χ0n) is 18.5. The second kappa shape index (κ2) is 10.1. The van der Waals surface area contributed by atoms with E-state index in [0.29, 0.717) is 10.2 Å². The van der Waals surface area contributed by atoms with Gasteiger partial charge in [-0.3, -0.25) is 14.4 Å². The minimum Gasteiger partial charge on any atom is -0.300 e. The summed E-state index contributed by atoms with van der Waals surface area (Å²) in [6.45, 7) is 1.65. The number of amides is 2. The normalized spacial score (nSPS) is 11.5. The molecule has 0 bridgehead atoms. The van der Waals surface area contributed by atoms with Crippen LogP contribution in [-0.2, 0) is 15.8 Å². The Morgan fingerprint density at radius 3 is 2.49 bits per heavy atom. The first kappa shape index (κ1) is 24.7. The smallest absolute Gasteiger partial charge is 0.300 e. The Kier molecular flexibility index (Phi) is 7.13. The number of benzene rings is 1. The number of Topliss-reactive ketones (excluding diaryl/α,β-unsaturated/α-hetero) is 1. The molecule has 4 aromatic rings. The number of fused-ring (bicyclic) bond motifs is 1. The van der Waals surface area contributed by atoms with Crippen LogP contribution in [0.3, 0.4) is 0 Å². The van der Waals surface area contributed by atoms with Crippen LogP contribution in [0.25, 0.3) is 20.8 Å². The second-order valence-corrected chi connectivity index (χ2v) is 9.63. The van der Waals surface area contributed by atoms with Gasteiger partial charge < -0.3 is 0 Å². The molecule has 3 heterocycles. The molecule has 1 aromatic carbocycles. The van der Waals surface area contributed by atoms with Crippen molar-refractivity contribution in [2.24, 2.45) is 0 Å². The van der Waals surface area contributed by atoms with Crippen LogP contribution in [0.2, 0.25) is 0 Å². The molecule has 0 N–H and O–H groups in total. The molecular formula is C25H19F3N2O3S2. The number of hydrogen-bond donors (Lipinski definition) is 0. The molecule has 4 rings (SSSR count). The number of halogens is 3. The summed E-state index contributed by atoms with van der Waals surface area (Å²) in [5.41, 5.74) is -0.454. The van der Waals surface area contributed by atoms with E-state index >= 15 is 0 Å². The van der Waals surface area contributed by atoms with Gasteiger partial charge in [-0.05, 0) is 47.8 Å². The fourth-order valence-corrected chi connectivity index (χ4v) is 5.08. The summed E-state index contributed by atoms with van der Waals surface area (Å²) in [4.78, 5) is 45.2. The van der Waals surface area contributed by atoms with Gasteiger partial charge in [-0.15, -0.1) is 22.7 Å². The van der Waals surface area contributed by atoms with Crippen LogP contribution in [0.4, 0.5) is 18.9 Å². The van der Waals surface area contributed by atoms with Crippen LogP contribution in [0.1, 0.15) is 41.4 Å². The van der Waals surface area contributed by atoms with Gasteiger partial charge in [-0.2, -0.15) is 13.2 Å². The van der Waals surface area contributed by atoms with Gasteiger partial charge in [0.1, 0.15) is 10.6 Å². The zero-order chi connectivity index (χ0) is 25.2. The predicted molar refractivity (Wildman–Crippen MR) is 131 cm³/mol. The fraction of sp³-hybridized carbons (Fsp3) is 0.200. The van der Waals surface area contributed by atoms with Crippen LogP contribution in [-0.4, -0.2) is 22.6 Å². The summed E-state index contributed by atoms with van der Waals surface area (Å²) in [5.74, 6) is -1.69. The number of carbonyl (C=O) groups is 3. The highest BCUT2D eigenvalue weighted by molar-refractivity contribution is 7.20. The van der Waals surface area contributed by atoms with Gasteiger partial charge in [0.25, 0.3) is 5.91 Å². The molecule has 0 fully saturated rings. The molecule has 0 atom stereocenters. The number of alkyl halides is 3. The second-order valence-electron chi connectivity index (χ2n) is 7.65. The van der Waals surface area contributed by atoms with Gasteiger partial charge in [0.05, 0.1) is 26.7 Å². The Morgan fingerprint density at radius 1 is 1.00 bits per heavy atom. The van der Waals surface area contributed by atoms with Crippen LogP contribution >= 0.6 is 22.7 Å². The van der Waals surface area contributed by atoms with E-state index < -0.39 is 23.6 Å². The highest BCUT2D eigenvalue weighted by atomic mass is 32.1. The van der Waals surface area contributed by atoms with Crippen LogP contribution in [0, 0.1) is 0 Å². The standard InChI is InChI=1S/C25H19F3N2O3S2/c1-2-18(31)9-11-22(32)30(17-6-3-5-16(14-17)25(26,27)28)24(33)21-13-15-8-10-19(29-23(15)35-21)20-7-4-12-34-20/h3-8,10,12-14H,2,9,11H2,1H3. The van der Waals surface area contributed by atoms with Gasteiger partial charge in [0.15, 0.2) is 0 Å². The lowest BCUT2D eigenvalue weighted by atomic mass is 10.1. The lowest BCUT2D eigenvalue weighted by molar-refractivity contribution is -0.137. The Bertz CT molecular complexity index is 1390. The van der Waals surface area contributed by atoms with Crippen molar-refractivity contribution in [3.63, 3.8) is 0 Å². The number of ketones is 1. The maximum atomic E-state index is 13.5. The molecular weight excluding hydrogens is 497 g/mol. The van der Waals surface area contributed by atoms with Gasteiger partial charge in [-0.1, -0.05) is 19.1 Å². The number of imide groups is 1. The lowest BCUT2D eigenvalue weighted by Gasteiger charge is -2.21. The molecule has 0 spiro atoms. The van der Waals surface area contributed by atoms with Crippen molar-refractivity contribution in [3.8, 4) is 10.6 Å². The molecule has 0 aliphatic heterocycles. The maximum absolute atomic E-state index is 13.5. The minimum atomic E-state index is -4.65. The molecule has 10 heteroatoms. The monoisotopic (exact) mass is 516 g/mol. The number of anilines is 1. The van der Waals surface area contributed by atoms with E-state index in [-0.39, 0.29) is 35.6 Å². The number of thiophene rings is 2. The van der Waals surface area contributed by atoms with Crippen molar-refractivity contribution in [1.82, 2.24) is 4.98 Å². The summed E-state index contributed by atoms with van der Waals surface area (Å²) < 4.78 is 39.9. The van der Waals surface area contributed by atoms with Crippen LogP contribution in [0.5, 0.6) is 0 Å². The average Bonchev–Trinajstić information content (AvgIpc) is 3.52. The number of nitrogens with zero attached hydrogens (tertiary/aromatic N) is 2. The van der Waals surface area contributed by atoms with E-state index in [1.165, 1.54) is 17.4 Å². The highest BCUT2D eigenvalue weighted by Crippen LogP contribution is 2.34. The van der Waals surface area contributed by atoms with E-state index in [2.05, 4.69) is 4.98 Å². The third-order valence-corrected chi connectivity index (χ3v) is 7.19. The maximum Gasteiger partial charge on any atom is 0.416 e. The number of pyridine rings is 1. The molecule has 2 amide bonds. The quantitative estimate of drug-likeness (QED) is 0.266. The van der Waals surface area contributed by atoms with E-state index in [0.717, 1.165) is 45.0 Å². The minimum absolute atomic E-state index is 0.101. The van der Waals surface area contributed by atoms with E-state index in [1.807, 2.05) is 23.6 Å². The number of carbonyl (C=O) groups excluding carboxylic acids is 3. The first-order valence-corrected chi connectivity index (χ1v) is 12.4. The van der Waals surface area contributed by atoms with Crippen molar-refractivity contribution in [1.29, 1.82) is 0 Å². The fourth-order valence-electron chi connectivity index (χ4n) is 3.43. The van der Waals surface area contributed by atoms with Crippen molar-refractivity contribution in [2.45, 2.75) is 32.4 Å². The highest BCUT2D eigenvalue weighted by Gasteiger charge is 2.33. The Hall–Kier alpha value is -3.37. The molecule has 0 saturated heterocycles. The Morgan fingerprint density at radius 2 is 1.80 bits per heavy atom. The van der Waals surface area contributed by atoms with E-state index in [1.54, 1.807) is 19.1 Å². The number of rotatable bonds is 7. The third-order valence-electron chi connectivity index (χ3n) is 5.26. The summed E-state index contributed by atoms with van der Waals surface area (Å²) in [7, 11) is 0. The van der Waals surface area contributed by atoms with Gasteiger partial charge in [0, 0.05) is 24.6 Å².